The van der Waals surface area contributed by atoms with Gasteiger partial charge in [0.1, 0.15) is 6.10 Å². The third-order valence-corrected chi connectivity index (χ3v) is 3.16. The van der Waals surface area contributed by atoms with Gasteiger partial charge < -0.3 is 4.74 Å². The molecule has 2 saturated carbocycles. The maximum atomic E-state index is 11.9. The summed E-state index contributed by atoms with van der Waals surface area (Å²) in [7, 11) is 0. The third kappa shape index (κ3) is 1.72. The van der Waals surface area contributed by atoms with Crippen molar-refractivity contribution in [3.8, 4) is 0 Å². The van der Waals surface area contributed by atoms with Crippen LogP contribution >= 0.6 is 0 Å². The van der Waals surface area contributed by atoms with E-state index in [-0.39, 0.29) is 5.92 Å². The Morgan fingerprint density at radius 3 is 2.36 bits per heavy atom. The molecule has 0 saturated heterocycles. The molecule has 0 aromatic carbocycles. The molecule has 2 bridgehead atoms. The molecule has 0 aliphatic heterocycles. The number of halogens is 3. The first-order valence-electron chi connectivity index (χ1n) is 4.74. The van der Waals surface area contributed by atoms with Crippen molar-refractivity contribution >= 4 is 5.97 Å². The molecule has 0 heterocycles. The molecule has 14 heavy (non-hydrogen) atoms. The molecule has 5 heteroatoms. The molecule has 2 rings (SSSR count). The van der Waals surface area contributed by atoms with Crippen molar-refractivity contribution in [2.75, 3.05) is 0 Å². The zero-order chi connectivity index (χ0) is 10.3. The Labute approximate surface area is 79.4 Å². The van der Waals surface area contributed by atoms with E-state index in [0.29, 0.717) is 12.3 Å². The summed E-state index contributed by atoms with van der Waals surface area (Å²) >= 11 is 0. The van der Waals surface area contributed by atoms with Crippen molar-refractivity contribution < 1.29 is 22.7 Å². The van der Waals surface area contributed by atoms with Crippen molar-refractivity contribution in [2.24, 2.45) is 11.8 Å². The molecule has 80 valence electrons. The molecule has 0 aromatic heterocycles. The van der Waals surface area contributed by atoms with Crippen LogP contribution < -0.4 is 0 Å². The van der Waals surface area contributed by atoms with Crippen molar-refractivity contribution in [3.05, 3.63) is 0 Å². The van der Waals surface area contributed by atoms with Crippen LogP contribution in [0.5, 0.6) is 0 Å². The van der Waals surface area contributed by atoms with Crippen LogP contribution in [0.1, 0.15) is 25.7 Å². The molecule has 1 unspecified atom stereocenters. The first-order valence-corrected chi connectivity index (χ1v) is 4.74. The molecule has 0 N–H and O–H groups in total. The molecule has 0 aromatic rings. The van der Waals surface area contributed by atoms with E-state index in [2.05, 4.69) is 4.74 Å². The number of alkyl halides is 3. The van der Waals surface area contributed by atoms with Crippen LogP contribution in [0, 0.1) is 11.8 Å². The van der Waals surface area contributed by atoms with E-state index >= 15 is 0 Å². The molecule has 0 spiro atoms. The highest BCUT2D eigenvalue weighted by atomic mass is 19.4. The molecule has 0 amide bonds. The van der Waals surface area contributed by atoms with Gasteiger partial charge in [-0.25, -0.2) is 4.79 Å². The smallest absolute Gasteiger partial charge is 0.455 e. The van der Waals surface area contributed by atoms with Crippen LogP contribution in [-0.4, -0.2) is 18.2 Å². The Balaban J connectivity index is 1.90. The number of hydrogen-bond donors (Lipinski definition) is 0. The third-order valence-electron chi connectivity index (χ3n) is 3.16. The summed E-state index contributed by atoms with van der Waals surface area (Å²) < 4.78 is 40.1. The van der Waals surface area contributed by atoms with E-state index in [1.807, 2.05) is 0 Å². The average Bonchev–Trinajstić information content (AvgIpc) is 2.62. The van der Waals surface area contributed by atoms with Gasteiger partial charge in [-0.2, -0.15) is 13.2 Å². The van der Waals surface area contributed by atoms with Crippen LogP contribution in [0.15, 0.2) is 0 Å². The molecular formula is C9H11F3O2. The fraction of sp³-hybridized carbons (Fsp3) is 0.889. The van der Waals surface area contributed by atoms with Gasteiger partial charge >= 0.3 is 12.1 Å². The molecule has 3 atom stereocenters. The summed E-state index contributed by atoms with van der Waals surface area (Å²) in [5, 5.41) is 0. The van der Waals surface area contributed by atoms with Crippen molar-refractivity contribution in [1.82, 2.24) is 0 Å². The second kappa shape index (κ2) is 3.14. The van der Waals surface area contributed by atoms with Crippen molar-refractivity contribution in [3.63, 3.8) is 0 Å². The Bertz CT molecular complexity index is 249. The standard InChI is InChI=1S/C9H11F3O2/c10-9(11,12)8(13)14-7-4-5-1-2-6(7)3-5/h5-7H,1-4H2/t5-,6+,7?/m1/s1. The summed E-state index contributed by atoms with van der Waals surface area (Å²) in [6.45, 7) is 0. The zero-order valence-corrected chi connectivity index (χ0v) is 7.51. The van der Waals surface area contributed by atoms with Gasteiger partial charge in [0.2, 0.25) is 0 Å². The van der Waals surface area contributed by atoms with Gasteiger partial charge in [-0.05, 0) is 37.5 Å². The van der Waals surface area contributed by atoms with Gasteiger partial charge in [-0.3, -0.25) is 0 Å². The molecule has 2 aliphatic rings. The Hall–Kier alpha value is -0.740. The number of hydrogen-bond acceptors (Lipinski definition) is 2. The number of esters is 1. The molecule has 2 fully saturated rings. The number of fused-ring (bicyclic) bond motifs is 2. The van der Waals surface area contributed by atoms with Gasteiger partial charge in [0, 0.05) is 0 Å². The number of carbonyl (C=O) groups is 1. The summed E-state index contributed by atoms with van der Waals surface area (Å²) in [4.78, 5) is 10.5. The monoisotopic (exact) mass is 208 g/mol. The maximum absolute atomic E-state index is 11.9. The van der Waals surface area contributed by atoms with Gasteiger partial charge in [0.15, 0.2) is 0 Å². The van der Waals surface area contributed by atoms with E-state index < -0.39 is 18.2 Å². The van der Waals surface area contributed by atoms with E-state index in [9.17, 15) is 18.0 Å². The summed E-state index contributed by atoms with van der Waals surface area (Å²) in [5.74, 6) is -1.38. The Morgan fingerprint density at radius 2 is 1.93 bits per heavy atom. The fourth-order valence-corrected chi connectivity index (χ4v) is 2.54. The highest BCUT2D eigenvalue weighted by Gasteiger charge is 2.47. The maximum Gasteiger partial charge on any atom is 0.490 e. The highest BCUT2D eigenvalue weighted by molar-refractivity contribution is 5.75. The number of carbonyl (C=O) groups excluding carboxylic acids is 1. The van der Waals surface area contributed by atoms with Gasteiger partial charge in [0.25, 0.3) is 0 Å². The average molecular weight is 208 g/mol. The molecule has 0 radical (unpaired) electrons. The quantitative estimate of drug-likeness (QED) is 0.618. The lowest BCUT2D eigenvalue weighted by Crippen LogP contribution is -2.32. The van der Waals surface area contributed by atoms with Gasteiger partial charge in [-0.1, -0.05) is 0 Å². The molecule has 2 aliphatic carbocycles. The van der Waals surface area contributed by atoms with Crippen LogP contribution in [0.3, 0.4) is 0 Å². The minimum absolute atomic E-state index is 0.172. The minimum atomic E-state index is -4.85. The van der Waals surface area contributed by atoms with E-state index in [1.165, 1.54) is 0 Å². The Kier molecular flexibility index (Phi) is 2.20. The lowest BCUT2D eigenvalue weighted by Gasteiger charge is -2.22. The van der Waals surface area contributed by atoms with Gasteiger partial charge in [-0.15, -0.1) is 0 Å². The van der Waals surface area contributed by atoms with Crippen LogP contribution in [0.25, 0.3) is 0 Å². The normalized spacial score (nSPS) is 36.1. The van der Waals surface area contributed by atoms with E-state index in [1.54, 1.807) is 0 Å². The number of ether oxygens (including phenoxy) is 1. The molecule has 2 nitrogen and oxygen atoms in total. The molecular weight excluding hydrogens is 197 g/mol. The highest BCUT2D eigenvalue weighted by Crippen LogP contribution is 2.46. The fourth-order valence-electron chi connectivity index (χ4n) is 2.54. The second-order valence-electron chi connectivity index (χ2n) is 4.12. The van der Waals surface area contributed by atoms with Crippen LogP contribution in [0.4, 0.5) is 13.2 Å². The van der Waals surface area contributed by atoms with Crippen molar-refractivity contribution in [2.45, 2.75) is 38.0 Å². The van der Waals surface area contributed by atoms with Crippen molar-refractivity contribution in [1.29, 1.82) is 0 Å². The second-order valence-corrected chi connectivity index (χ2v) is 4.12. The zero-order valence-electron chi connectivity index (χ0n) is 7.51. The number of rotatable bonds is 1. The SMILES string of the molecule is O=C(OC1C[C@@H]2CC[C@H]1C2)C(F)(F)F. The van der Waals surface area contributed by atoms with Crippen LogP contribution in [0.2, 0.25) is 0 Å². The van der Waals surface area contributed by atoms with E-state index in [4.69, 9.17) is 0 Å². The summed E-state index contributed by atoms with van der Waals surface area (Å²) in [6, 6.07) is 0. The summed E-state index contributed by atoms with van der Waals surface area (Å²) in [5.41, 5.74) is 0. The first kappa shape index (κ1) is 9.80. The minimum Gasteiger partial charge on any atom is -0.455 e. The predicted molar refractivity (Wildman–Crippen MR) is 41.4 cm³/mol. The first-order chi connectivity index (χ1) is 6.47. The summed E-state index contributed by atoms with van der Waals surface area (Å²) in [6.07, 6.45) is -1.81. The van der Waals surface area contributed by atoms with Gasteiger partial charge in [0.05, 0.1) is 0 Å². The topological polar surface area (TPSA) is 26.3 Å². The van der Waals surface area contributed by atoms with E-state index in [0.717, 1.165) is 19.3 Å². The van der Waals surface area contributed by atoms with Crippen LogP contribution in [-0.2, 0) is 9.53 Å². The largest absolute Gasteiger partial charge is 0.490 e. The Morgan fingerprint density at radius 1 is 1.21 bits per heavy atom. The predicted octanol–water partition coefficient (Wildman–Crippen LogP) is 2.28. The lowest BCUT2D eigenvalue weighted by atomic mass is 9.98. The lowest BCUT2D eigenvalue weighted by molar-refractivity contribution is -0.206.